The minimum Gasteiger partial charge on any atom is -0.396 e. The van der Waals surface area contributed by atoms with Crippen LogP contribution in [0.2, 0.25) is 10.0 Å². The zero-order valence-corrected chi connectivity index (χ0v) is 13.7. The van der Waals surface area contributed by atoms with Gasteiger partial charge in [0.15, 0.2) is 0 Å². The Kier molecular flexibility index (Phi) is 6.92. The first-order chi connectivity index (χ1) is 10.6. The van der Waals surface area contributed by atoms with Crippen LogP contribution in [0.5, 0.6) is 0 Å². The molecule has 1 aromatic rings. The van der Waals surface area contributed by atoms with Crippen LogP contribution in [0.15, 0.2) is 18.2 Å². The van der Waals surface area contributed by atoms with Crippen LogP contribution in [0.4, 0.5) is 0 Å². The fraction of sp³-hybridized carbons (Fsp3) is 0.533. The fourth-order valence-corrected chi connectivity index (χ4v) is 2.70. The highest BCUT2D eigenvalue weighted by Crippen LogP contribution is 2.22. The monoisotopic (exact) mass is 346 g/mol. The van der Waals surface area contributed by atoms with Gasteiger partial charge in [0.25, 0.3) is 0 Å². The third kappa shape index (κ3) is 4.83. The summed E-state index contributed by atoms with van der Waals surface area (Å²) in [6.45, 7) is 2.88. The Labute approximate surface area is 140 Å². The molecule has 0 radical (unpaired) electrons. The van der Waals surface area contributed by atoms with Gasteiger partial charge < -0.3 is 15.2 Å². The Bertz CT molecular complexity index is 514. The maximum Gasteiger partial charge on any atom is 0.240 e. The van der Waals surface area contributed by atoms with E-state index in [1.165, 1.54) is 0 Å². The lowest BCUT2D eigenvalue weighted by molar-refractivity contribution is -0.132. The molecule has 2 rings (SSSR count). The van der Waals surface area contributed by atoms with Gasteiger partial charge in [0, 0.05) is 26.2 Å². The first kappa shape index (κ1) is 17.5. The van der Waals surface area contributed by atoms with Crippen molar-refractivity contribution in [2.75, 3.05) is 32.9 Å². The standard InChI is InChI=1S/C15H20Cl2N2O3/c16-12-3-2-11(8-13(12)17)9-18-15(21)14-10-22-7-5-19(14)4-1-6-20/h2-3,8,14,20H,1,4-7,9-10H2,(H,18,21). The Morgan fingerprint density at radius 1 is 1.41 bits per heavy atom. The quantitative estimate of drug-likeness (QED) is 0.822. The Balaban J connectivity index is 1.90. The summed E-state index contributed by atoms with van der Waals surface area (Å²) in [4.78, 5) is 14.4. The predicted octanol–water partition coefficient (Wildman–Crippen LogP) is 1.69. The number of nitrogens with zero attached hydrogens (tertiary/aromatic N) is 1. The number of morpholine rings is 1. The molecule has 122 valence electrons. The van der Waals surface area contributed by atoms with Gasteiger partial charge in [-0.05, 0) is 24.1 Å². The molecule has 7 heteroatoms. The number of aliphatic hydroxyl groups excluding tert-OH is 1. The van der Waals surface area contributed by atoms with Gasteiger partial charge in [0.05, 0.1) is 23.3 Å². The summed E-state index contributed by atoms with van der Waals surface area (Å²) in [7, 11) is 0. The average molecular weight is 347 g/mol. The van der Waals surface area contributed by atoms with E-state index in [1.807, 2.05) is 11.0 Å². The number of carbonyl (C=O) groups excluding carboxylic acids is 1. The van der Waals surface area contributed by atoms with Crippen molar-refractivity contribution in [3.63, 3.8) is 0 Å². The van der Waals surface area contributed by atoms with Crippen molar-refractivity contribution in [3.05, 3.63) is 33.8 Å². The van der Waals surface area contributed by atoms with E-state index in [-0.39, 0.29) is 18.6 Å². The maximum atomic E-state index is 12.3. The molecule has 1 fully saturated rings. The number of halogens is 2. The van der Waals surface area contributed by atoms with Crippen LogP contribution in [0.1, 0.15) is 12.0 Å². The lowest BCUT2D eigenvalue weighted by atomic mass is 10.1. The van der Waals surface area contributed by atoms with E-state index in [0.29, 0.717) is 49.3 Å². The molecule has 1 aliphatic heterocycles. The molecule has 0 saturated carbocycles. The molecule has 1 amide bonds. The second kappa shape index (κ2) is 8.70. The summed E-state index contributed by atoms with van der Waals surface area (Å²) in [5.41, 5.74) is 0.890. The Morgan fingerprint density at radius 3 is 2.95 bits per heavy atom. The van der Waals surface area contributed by atoms with E-state index in [4.69, 9.17) is 33.0 Å². The molecule has 0 bridgehead atoms. The summed E-state index contributed by atoms with van der Waals surface area (Å²) in [6.07, 6.45) is 0.649. The predicted molar refractivity (Wildman–Crippen MR) is 86.2 cm³/mol. The van der Waals surface area contributed by atoms with Gasteiger partial charge in [0.1, 0.15) is 6.04 Å². The SMILES string of the molecule is O=C(NCc1ccc(Cl)c(Cl)c1)C1COCCN1CCCO. The van der Waals surface area contributed by atoms with Crippen LogP contribution in [-0.2, 0) is 16.1 Å². The van der Waals surface area contributed by atoms with Crippen LogP contribution in [0, 0.1) is 0 Å². The molecule has 0 aromatic heterocycles. The van der Waals surface area contributed by atoms with Gasteiger partial charge in [0.2, 0.25) is 5.91 Å². The topological polar surface area (TPSA) is 61.8 Å². The van der Waals surface area contributed by atoms with Crippen molar-refractivity contribution in [1.29, 1.82) is 0 Å². The number of aliphatic hydroxyl groups is 1. The second-order valence-corrected chi connectivity index (χ2v) is 5.98. The minimum atomic E-state index is -0.317. The van der Waals surface area contributed by atoms with Crippen molar-refractivity contribution in [2.24, 2.45) is 0 Å². The number of nitrogens with one attached hydrogen (secondary N) is 1. The van der Waals surface area contributed by atoms with Crippen LogP contribution < -0.4 is 5.32 Å². The summed E-state index contributed by atoms with van der Waals surface area (Å²) >= 11 is 11.8. The number of carbonyl (C=O) groups is 1. The van der Waals surface area contributed by atoms with E-state index in [1.54, 1.807) is 12.1 Å². The second-order valence-electron chi connectivity index (χ2n) is 5.17. The number of ether oxygens (including phenoxy) is 1. The van der Waals surface area contributed by atoms with Crippen molar-refractivity contribution < 1.29 is 14.6 Å². The smallest absolute Gasteiger partial charge is 0.240 e. The normalized spacial score (nSPS) is 19.1. The van der Waals surface area contributed by atoms with Gasteiger partial charge in [-0.2, -0.15) is 0 Å². The molecule has 1 unspecified atom stereocenters. The Hall–Kier alpha value is -0.850. The number of hydrogen-bond acceptors (Lipinski definition) is 4. The van der Waals surface area contributed by atoms with E-state index >= 15 is 0 Å². The molecular weight excluding hydrogens is 327 g/mol. The lowest BCUT2D eigenvalue weighted by Gasteiger charge is -2.34. The van der Waals surface area contributed by atoms with Crippen LogP contribution >= 0.6 is 23.2 Å². The summed E-state index contributed by atoms with van der Waals surface area (Å²) in [5, 5.41) is 12.8. The zero-order valence-electron chi connectivity index (χ0n) is 12.2. The van der Waals surface area contributed by atoms with E-state index in [9.17, 15) is 4.79 Å². The van der Waals surface area contributed by atoms with Gasteiger partial charge >= 0.3 is 0 Å². The van der Waals surface area contributed by atoms with Crippen LogP contribution in [0.3, 0.4) is 0 Å². The summed E-state index contributed by atoms with van der Waals surface area (Å²) in [5.74, 6) is -0.0799. The lowest BCUT2D eigenvalue weighted by Crippen LogP contribution is -2.53. The molecule has 1 aliphatic rings. The molecule has 22 heavy (non-hydrogen) atoms. The first-order valence-electron chi connectivity index (χ1n) is 7.26. The number of amides is 1. The maximum absolute atomic E-state index is 12.3. The molecule has 0 spiro atoms. The summed E-state index contributed by atoms with van der Waals surface area (Å²) < 4.78 is 5.40. The third-order valence-corrected chi connectivity index (χ3v) is 4.34. The molecule has 1 saturated heterocycles. The minimum absolute atomic E-state index is 0.0799. The average Bonchev–Trinajstić information content (AvgIpc) is 2.54. The van der Waals surface area contributed by atoms with Crippen molar-refractivity contribution in [3.8, 4) is 0 Å². The van der Waals surface area contributed by atoms with Gasteiger partial charge in [-0.25, -0.2) is 0 Å². The van der Waals surface area contributed by atoms with Crippen molar-refractivity contribution in [1.82, 2.24) is 10.2 Å². The van der Waals surface area contributed by atoms with Crippen molar-refractivity contribution >= 4 is 29.1 Å². The first-order valence-corrected chi connectivity index (χ1v) is 8.01. The van der Waals surface area contributed by atoms with Crippen LogP contribution in [-0.4, -0.2) is 54.9 Å². The summed E-state index contributed by atoms with van der Waals surface area (Å²) in [6, 6.07) is 4.96. The van der Waals surface area contributed by atoms with E-state index < -0.39 is 0 Å². The van der Waals surface area contributed by atoms with Gasteiger partial charge in [-0.1, -0.05) is 29.3 Å². The highest BCUT2D eigenvalue weighted by atomic mass is 35.5. The van der Waals surface area contributed by atoms with Gasteiger partial charge in [-0.3, -0.25) is 9.69 Å². The highest BCUT2D eigenvalue weighted by molar-refractivity contribution is 6.42. The number of benzene rings is 1. The van der Waals surface area contributed by atoms with E-state index in [0.717, 1.165) is 5.56 Å². The number of hydrogen-bond donors (Lipinski definition) is 2. The molecule has 2 N–H and O–H groups in total. The molecule has 5 nitrogen and oxygen atoms in total. The fourth-order valence-electron chi connectivity index (χ4n) is 2.38. The van der Waals surface area contributed by atoms with Crippen LogP contribution in [0.25, 0.3) is 0 Å². The third-order valence-electron chi connectivity index (χ3n) is 3.60. The molecule has 1 aromatic carbocycles. The highest BCUT2D eigenvalue weighted by Gasteiger charge is 2.28. The molecule has 0 aliphatic carbocycles. The molecule has 1 heterocycles. The largest absolute Gasteiger partial charge is 0.396 e. The number of rotatable bonds is 6. The Morgan fingerprint density at radius 2 is 2.23 bits per heavy atom. The van der Waals surface area contributed by atoms with Crippen molar-refractivity contribution in [2.45, 2.75) is 19.0 Å². The van der Waals surface area contributed by atoms with E-state index in [2.05, 4.69) is 5.32 Å². The molecular formula is C15H20Cl2N2O3. The van der Waals surface area contributed by atoms with Gasteiger partial charge in [-0.15, -0.1) is 0 Å². The molecule has 1 atom stereocenters. The zero-order chi connectivity index (χ0) is 15.9.